The largest absolute Gasteiger partial charge is 0.333 e. The second-order valence-electron chi connectivity index (χ2n) is 6.61. The van der Waals surface area contributed by atoms with Crippen LogP contribution in [0.4, 0.5) is 10.9 Å². The fourth-order valence-electron chi connectivity index (χ4n) is 3.08. The maximum Gasteiger partial charge on any atom is 0.237 e. The molecule has 0 radical (unpaired) electrons. The number of carbonyl (C=O) groups is 1. The number of carbonyl (C=O) groups excluding carboxylic acids is 1. The fourth-order valence-corrected chi connectivity index (χ4v) is 3.75. The van der Waals surface area contributed by atoms with E-state index < -0.39 is 0 Å². The normalized spacial score (nSPS) is 17.3. The van der Waals surface area contributed by atoms with Gasteiger partial charge >= 0.3 is 0 Å². The Kier molecular flexibility index (Phi) is 5.29. The van der Waals surface area contributed by atoms with Gasteiger partial charge in [-0.15, -0.1) is 11.3 Å². The van der Waals surface area contributed by atoms with Gasteiger partial charge in [0.25, 0.3) is 0 Å². The number of thiazole rings is 1. The van der Waals surface area contributed by atoms with Crippen molar-refractivity contribution in [3.8, 4) is 0 Å². The lowest BCUT2D eigenvalue weighted by molar-refractivity contribution is -0.132. The van der Waals surface area contributed by atoms with Gasteiger partial charge in [0.1, 0.15) is 11.6 Å². The number of nitrogens with one attached hydrogen (secondary N) is 1. The smallest absolute Gasteiger partial charge is 0.237 e. The molecule has 1 N–H and O–H groups in total. The molecule has 1 aliphatic rings. The lowest BCUT2D eigenvalue weighted by Crippen LogP contribution is -2.37. The van der Waals surface area contributed by atoms with E-state index in [9.17, 15) is 4.79 Å². The van der Waals surface area contributed by atoms with Crippen molar-refractivity contribution < 1.29 is 4.79 Å². The quantitative estimate of drug-likeness (QED) is 0.883. The van der Waals surface area contributed by atoms with Crippen molar-refractivity contribution in [2.45, 2.75) is 32.7 Å². The highest BCUT2D eigenvalue weighted by atomic mass is 32.1. The Labute approximate surface area is 152 Å². The summed E-state index contributed by atoms with van der Waals surface area (Å²) in [5.41, 5.74) is 0.896. The summed E-state index contributed by atoms with van der Waals surface area (Å²) >= 11 is 1.59. The van der Waals surface area contributed by atoms with Gasteiger partial charge in [0.05, 0.1) is 18.3 Å². The minimum atomic E-state index is 0.0210. The molecule has 0 bridgehead atoms. The zero-order valence-electron chi connectivity index (χ0n) is 15.1. The Bertz CT molecular complexity index is 759. The van der Waals surface area contributed by atoms with Crippen LogP contribution in [0.2, 0.25) is 0 Å². The van der Waals surface area contributed by atoms with Crippen LogP contribution >= 0.6 is 11.3 Å². The van der Waals surface area contributed by atoms with Crippen LogP contribution < -0.4 is 5.32 Å². The van der Waals surface area contributed by atoms with Gasteiger partial charge in [0, 0.05) is 23.7 Å². The summed E-state index contributed by atoms with van der Waals surface area (Å²) in [6.07, 6.45) is 3.77. The van der Waals surface area contributed by atoms with E-state index in [1.54, 1.807) is 11.3 Å². The molecule has 1 amide bonds. The van der Waals surface area contributed by atoms with Gasteiger partial charge in [-0.25, -0.2) is 15.0 Å². The summed E-state index contributed by atoms with van der Waals surface area (Å²) in [7, 11) is 3.83. The van der Waals surface area contributed by atoms with Crippen molar-refractivity contribution in [2.24, 2.45) is 0 Å². The van der Waals surface area contributed by atoms with Crippen LogP contribution in [0.15, 0.2) is 12.3 Å². The van der Waals surface area contributed by atoms with E-state index in [1.165, 1.54) is 0 Å². The lowest BCUT2D eigenvalue weighted by atomic mass is 10.1. The third-order valence-corrected chi connectivity index (χ3v) is 4.91. The molecule has 8 heteroatoms. The number of aromatic nitrogens is 3. The van der Waals surface area contributed by atoms with Crippen LogP contribution in [0.1, 0.15) is 35.3 Å². The summed E-state index contributed by atoms with van der Waals surface area (Å²) in [6.45, 7) is 5.11. The summed E-state index contributed by atoms with van der Waals surface area (Å²) < 4.78 is 0. The third-order valence-electron chi connectivity index (χ3n) is 4.08. The number of rotatable bonds is 5. The van der Waals surface area contributed by atoms with Crippen molar-refractivity contribution in [2.75, 3.05) is 32.5 Å². The van der Waals surface area contributed by atoms with Crippen LogP contribution in [0.5, 0.6) is 0 Å². The van der Waals surface area contributed by atoms with E-state index in [0.29, 0.717) is 12.4 Å². The molecule has 25 heavy (non-hydrogen) atoms. The van der Waals surface area contributed by atoms with Gasteiger partial charge in [-0.3, -0.25) is 4.79 Å². The molecular formula is C17H24N6OS. The monoisotopic (exact) mass is 360 g/mol. The van der Waals surface area contributed by atoms with E-state index >= 15 is 0 Å². The Morgan fingerprint density at radius 3 is 2.88 bits per heavy atom. The van der Waals surface area contributed by atoms with Crippen LogP contribution in [0.25, 0.3) is 0 Å². The number of likely N-dealkylation sites (tertiary alicyclic amines) is 1. The molecule has 0 spiro atoms. The Hall–Kier alpha value is -2.06. The molecule has 0 unspecified atom stereocenters. The predicted octanol–water partition coefficient (Wildman–Crippen LogP) is 2.52. The molecule has 3 heterocycles. The van der Waals surface area contributed by atoms with Gasteiger partial charge in [0.2, 0.25) is 5.91 Å². The summed E-state index contributed by atoms with van der Waals surface area (Å²) in [5, 5.41) is 4.06. The number of hydrogen-bond donors (Lipinski definition) is 1. The SMILES string of the molecule is Cc1nc(Nc2ncc(C)s2)cc([C@@H]2CCCN2C(=O)CN(C)C)n1. The number of likely N-dealkylation sites (N-methyl/N-ethyl adjacent to an activating group) is 1. The molecule has 2 aromatic heterocycles. The molecule has 7 nitrogen and oxygen atoms in total. The van der Waals surface area contributed by atoms with E-state index in [0.717, 1.165) is 40.9 Å². The summed E-state index contributed by atoms with van der Waals surface area (Å²) in [4.78, 5) is 30.9. The molecule has 1 fully saturated rings. The van der Waals surface area contributed by atoms with Crippen molar-refractivity contribution in [1.82, 2.24) is 24.8 Å². The van der Waals surface area contributed by atoms with Crippen molar-refractivity contribution in [1.29, 1.82) is 0 Å². The lowest BCUT2D eigenvalue weighted by Gasteiger charge is -2.26. The molecule has 1 atom stereocenters. The van der Waals surface area contributed by atoms with Crippen LogP contribution in [-0.4, -0.2) is 57.8 Å². The van der Waals surface area contributed by atoms with Gasteiger partial charge in [-0.1, -0.05) is 0 Å². The second-order valence-corrected chi connectivity index (χ2v) is 7.84. The zero-order chi connectivity index (χ0) is 18.0. The first-order chi connectivity index (χ1) is 11.9. The van der Waals surface area contributed by atoms with E-state index in [-0.39, 0.29) is 11.9 Å². The highest BCUT2D eigenvalue weighted by Crippen LogP contribution is 2.32. The number of anilines is 2. The van der Waals surface area contributed by atoms with Gasteiger partial charge < -0.3 is 15.1 Å². The average Bonchev–Trinajstić information content (AvgIpc) is 3.15. The number of hydrogen-bond acceptors (Lipinski definition) is 7. The standard InChI is InChI=1S/C17H24N6OS/c1-11-9-18-17(25-11)21-15-8-13(19-12(2)20-15)14-6-5-7-23(14)16(24)10-22(3)4/h8-9,14H,5-7,10H2,1-4H3,(H,18,19,20,21)/t14-/m0/s1. The van der Waals surface area contributed by atoms with Crippen LogP contribution in [0.3, 0.4) is 0 Å². The van der Waals surface area contributed by atoms with Crippen molar-refractivity contribution in [3.63, 3.8) is 0 Å². The van der Waals surface area contributed by atoms with E-state index in [4.69, 9.17) is 0 Å². The number of nitrogens with zero attached hydrogens (tertiary/aromatic N) is 5. The Morgan fingerprint density at radius 1 is 1.40 bits per heavy atom. The number of amides is 1. The first-order valence-electron chi connectivity index (χ1n) is 8.41. The first-order valence-corrected chi connectivity index (χ1v) is 9.23. The van der Waals surface area contributed by atoms with Gasteiger partial charge in [-0.2, -0.15) is 0 Å². The third kappa shape index (κ3) is 4.32. The Morgan fingerprint density at radius 2 is 2.20 bits per heavy atom. The molecule has 0 aromatic carbocycles. The molecule has 0 aliphatic carbocycles. The maximum absolute atomic E-state index is 12.5. The zero-order valence-corrected chi connectivity index (χ0v) is 15.9. The molecule has 0 saturated carbocycles. The minimum Gasteiger partial charge on any atom is -0.333 e. The highest BCUT2D eigenvalue weighted by molar-refractivity contribution is 7.15. The average molecular weight is 360 g/mol. The second kappa shape index (κ2) is 7.45. The predicted molar refractivity (Wildman–Crippen MR) is 99.1 cm³/mol. The van der Waals surface area contributed by atoms with E-state index in [1.807, 2.05) is 50.0 Å². The van der Waals surface area contributed by atoms with Crippen molar-refractivity contribution >= 4 is 28.2 Å². The molecule has 1 aliphatic heterocycles. The molecule has 3 rings (SSSR count). The number of aryl methyl sites for hydroxylation is 2. The minimum absolute atomic E-state index is 0.0210. The van der Waals surface area contributed by atoms with Gasteiger partial charge in [0.15, 0.2) is 5.13 Å². The van der Waals surface area contributed by atoms with Crippen LogP contribution in [0, 0.1) is 13.8 Å². The summed E-state index contributed by atoms with van der Waals surface area (Å²) in [6, 6.07) is 1.96. The Balaban J connectivity index is 1.82. The molecular weight excluding hydrogens is 336 g/mol. The highest BCUT2D eigenvalue weighted by Gasteiger charge is 2.31. The van der Waals surface area contributed by atoms with Crippen LogP contribution in [-0.2, 0) is 4.79 Å². The topological polar surface area (TPSA) is 74.2 Å². The summed E-state index contributed by atoms with van der Waals surface area (Å²) in [5.74, 6) is 1.57. The van der Waals surface area contributed by atoms with Crippen molar-refractivity contribution in [3.05, 3.63) is 28.7 Å². The van der Waals surface area contributed by atoms with Gasteiger partial charge in [-0.05, 0) is 40.8 Å². The maximum atomic E-state index is 12.5. The molecule has 134 valence electrons. The first kappa shape index (κ1) is 17.8. The molecule has 2 aromatic rings. The van der Waals surface area contributed by atoms with E-state index in [2.05, 4.69) is 20.3 Å². The molecule has 1 saturated heterocycles. The fraction of sp³-hybridized carbons (Fsp3) is 0.529.